The summed E-state index contributed by atoms with van der Waals surface area (Å²) in [5.41, 5.74) is 3.97. The molecule has 2 aromatic heterocycles. The second-order valence-corrected chi connectivity index (χ2v) is 6.19. The Labute approximate surface area is 111 Å². The molecule has 0 amide bonds. The first-order valence-corrected chi connectivity index (χ1v) is 7.58. The fourth-order valence-corrected chi connectivity index (χ4v) is 4.10. The van der Waals surface area contributed by atoms with Gasteiger partial charge < -0.3 is 5.32 Å². The van der Waals surface area contributed by atoms with Gasteiger partial charge in [-0.15, -0.1) is 0 Å². The molecular formula is C15H16N2S. The number of pyridine rings is 1. The number of rotatable bonds is 2. The highest BCUT2D eigenvalue weighted by Gasteiger charge is 2.39. The van der Waals surface area contributed by atoms with Gasteiger partial charge in [-0.25, -0.2) is 0 Å². The average molecular weight is 256 g/mol. The Morgan fingerprint density at radius 3 is 2.94 bits per heavy atom. The molecule has 2 saturated heterocycles. The quantitative estimate of drug-likeness (QED) is 0.890. The van der Waals surface area contributed by atoms with Gasteiger partial charge in [-0.05, 0) is 53.3 Å². The van der Waals surface area contributed by atoms with Gasteiger partial charge in [0.2, 0.25) is 0 Å². The van der Waals surface area contributed by atoms with Gasteiger partial charge in [-0.3, -0.25) is 4.98 Å². The van der Waals surface area contributed by atoms with Crippen LogP contribution in [0.4, 0.5) is 0 Å². The lowest BCUT2D eigenvalue weighted by atomic mass is 9.84. The molecule has 2 nitrogen and oxygen atoms in total. The third-order valence-corrected chi connectivity index (χ3v) is 5.03. The lowest BCUT2D eigenvalue weighted by Crippen LogP contribution is -2.21. The minimum absolute atomic E-state index is 0.676. The molecule has 0 saturated carbocycles. The van der Waals surface area contributed by atoms with Crippen molar-refractivity contribution in [3.63, 3.8) is 0 Å². The van der Waals surface area contributed by atoms with Crippen molar-refractivity contribution < 1.29 is 0 Å². The maximum absolute atomic E-state index is 4.45. The Balaban J connectivity index is 1.68. The van der Waals surface area contributed by atoms with Crippen molar-refractivity contribution in [1.82, 2.24) is 10.3 Å². The van der Waals surface area contributed by atoms with Gasteiger partial charge in [-0.1, -0.05) is 0 Å². The molecule has 0 radical (unpaired) electrons. The molecule has 2 bridgehead atoms. The van der Waals surface area contributed by atoms with Crippen LogP contribution in [-0.2, 0) is 0 Å². The van der Waals surface area contributed by atoms with Gasteiger partial charge in [0, 0.05) is 36.0 Å². The summed E-state index contributed by atoms with van der Waals surface area (Å²) in [6, 6.07) is 5.95. The molecule has 0 aliphatic carbocycles. The van der Waals surface area contributed by atoms with E-state index < -0.39 is 0 Å². The van der Waals surface area contributed by atoms with Gasteiger partial charge in [0.15, 0.2) is 0 Å². The topological polar surface area (TPSA) is 24.9 Å². The van der Waals surface area contributed by atoms with E-state index in [2.05, 4.69) is 39.4 Å². The minimum atomic E-state index is 0.676. The van der Waals surface area contributed by atoms with E-state index in [0.29, 0.717) is 12.0 Å². The van der Waals surface area contributed by atoms with Crippen molar-refractivity contribution in [2.45, 2.75) is 37.3 Å². The van der Waals surface area contributed by atoms with E-state index >= 15 is 0 Å². The summed E-state index contributed by atoms with van der Waals surface area (Å²) in [6.45, 7) is 0. The molecule has 2 aliphatic heterocycles. The average Bonchev–Trinajstić information content (AvgIpc) is 3.15. The Hall–Kier alpha value is -1.19. The van der Waals surface area contributed by atoms with Crippen LogP contribution in [-0.4, -0.2) is 17.1 Å². The summed E-state index contributed by atoms with van der Waals surface area (Å²) in [7, 11) is 0. The summed E-state index contributed by atoms with van der Waals surface area (Å²) in [6.07, 6.45) is 8.02. The summed E-state index contributed by atoms with van der Waals surface area (Å²) in [5.74, 6) is 0.676. The van der Waals surface area contributed by atoms with E-state index in [-0.39, 0.29) is 0 Å². The predicted octanol–water partition coefficient (Wildman–Crippen LogP) is 3.42. The van der Waals surface area contributed by atoms with Crippen molar-refractivity contribution in [2.24, 2.45) is 0 Å². The number of nitrogens with zero attached hydrogens (tertiary/aromatic N) is 1. The van der Waals surface area contributed by atoms with E-state index in [0.717, 1.165) is 6.04 Å². The summed E-state index contributed by atoms with van der Waals surface area (Å²) >= 11 is 1.74. The molecule has 4 rings (SSSR count). The zero-order valence-electron chi connectivity index (χ0n) is 10.2. The van der Waals surface area contributed by atoms with Crippen LogP contribution >= 0.6 is 11.3 Å². The van der Waals surface area contributed by atoms with E-state index in [4.69, 9.17) is 0 Å². The minimum Gasteiger partial charge on any atom is -0.311 e. The third kappa shape index (κ3) is 1.70. The highest BCUT2D eigenvalue weighted by atomic mass is 32.1. The maximum Gasteiger partial charge on any atom is 0.0346 e. The lowest BCUT2D eigenvalue weighted by Gasteiger charge is -2.20. The van der Waals surface area contributed by atoms with Crippen LogP contribution in [0.2, 0.25) is 0 Å². The number of hydrogen-bond acceptors (Lipinski definition) is 3. The van der Waals surface area contributed by atoms with Crippen molar-refractivity contribution in [3.8, 4) is 11.1 Å². The highest BCUT2D eigenvalue weighted by molar-refractivity contribution is 7.08. The van der Waals surface area contributed by atoms with E-state index in [1.165, 1.54) is 36.0 Å². The summed E-state index contributed by atoms with van der Waals surface area (Å²) in [4.78, 5) is 4.45. The first-order valence-electron chi connectivity index (χ1n) is 6.64. The normalized spacial score (nSPS) is 29.9. The molecule has 18 heavy (non-hydrogen) atoms. The molecular weight excluding hydrogens is 240 g/mol. The lowest BCUT2D eigenvalue weighted by molar-refractivity contribution is 0.505. The molecule has 0 aromatic carbocycles. The number of fused-ring (bicyclic) bond motifs is 2. The zero-order valence-corrected chi connectivity index (χ0v) is 11.0. The van der Waals surface area contributed by atoms with Crippen molar-refractivity contribution in [3.05, 3.63) is 40.8 Å². The van der Waals surface area contributed by atoms with Crippen molar-refractivity contribution in [1.29, 1.82) is 0 Å². The standard InChI is InChI=1S/C15H16N2S/c1-2-15-14(6-13(1)17-15)12-5-11(7-16-8-12)10-3-4-18-9-10/h3-5,7-9,13-15,17H,1-2,6H2. The first kappa shape index (κ1) is 10.7. The first-order chi connectivity index (χ1) is 8.90. The third-order valence-electron chi connectivity index (χ3n) is 4.34. The zero-order chi connectivity index (χ0) is 11.9. The predicted molar refractivity (Wildman–Crippen MR) is 74.9 cm³/mol. The van der Waals surface area contributed by atoms with Gasteiger partial charge >= 0.3 is 0 Å². The fourth-order valence-electron chi connectivity index (χ4n) is 3.44. The van der Waals surface area contributed by atoms with Crippen LogP contribution in [0, 0.1) is 0 Å². The van der Waals surface area contributed by atoms with Crippen LogP contribution in [0.3, 0.4) is 0 Å². The molecule has 1 N–H and O–H groups in total. The largest absolute Gasteiger partial charge is 0.311 e. The summed E-state index contributed by atoms with van der Waals surface area (Å²) in [5, 5.41) is 8.03. The smallest absolute Gasteiger partial charge is 0.0346 e. The molecule has 2 fully saturated rings. The van der Waals surface area contributed by atoms with Crippen LogP contribution in [0.25, 0.3) is 11.1 Å². The van der Waals surface area contributed by atoms with E-state index in [1.807, 2.05) is 6.20 Å². The van der Waals surface area contributed by atoms with Crippen molar-refractivity contribution >= 4 is 11.3 Å². The molecule has 3 heteroatoms. The van der Waals surface area contributed by atoms with E-state index in [9.17, 15) is 0 Å². The highest BCUT2D eigenvalue weighted by Crippen LogP contribution is 2.40. The number of nitrogens with one attached hydrogen (secondary N) is 1. The summed E-state index contributed by atoms with van der Waals surface area (Å²) < 4.78 is 0. The van der Waals surface area contributed by atoms with Gasteiger partial charge in [-0.2, -0.15) is 11.3 Å². The van der Waals surface area contributed by atoms with Crippen LogP contribution in [0.15, 0.2) is 35.3 Å². The Bertz CT molecular complexity index is 549. The monoisotopic (exact) mass is 256 g/mol. The molecule has 92 valence electrons. The van der Waals surface area contributed by atoms with Gasteiger partial charge in [0.1, 0.15) is 0 Å². The van der Waals surface area contributed by atoms with Gasteiger partial charge in [0.05, 0.1) is 0 Å². The number of aromatic nitrogens is 1. The Morgan fingerprint density at radius 2 is 2.22 bits per heavy atom. The van der Waals surface area contributed by atoms with Crippen LogP contribution < -0.4 is 5.32 Å². The molecule has 3 unspecified atom stereocenters. The number of hydrogen-bond donors (Lipinski definition) is 1. The molecule has 3 atom stereocenters. The SMILES string of the molecule is c1cc(-c2cncc(C3CC4CCC3N4)c2)cs1. The maximum atomic E-state index is 4.45. The molecule has 4 heterocycles. The molecule has 0 spiro atoms. The fraction of sp³-hybridized carbons (Fsp3) is 0.400. The molecule has 2 aliphatic rings. The second-order valence-electron chi connectivity index (χ2n) is 5.41. The Morgan fingerprint density at radius 1 is 1.22 bits per heavy atom. The van der Waals surface area contributed by atoms with Gasteiger partial charge in [0.25, 0.3) is 0 Å². The van der Waals surface area contributed by atoms with Crippen LogP contribution in [0.1, 0.15) is 30.7 Å². The van der Waals surface area contributed by atoms with Crippen molar-refractivity contribution in [2.75, 3.05) is 0 Å². The Kier molecular flexibility index (Phi) is 2.49. The molecule has 2 aromatic rings. The van der Waals surface area contributed by atoms with E-state index in [1.54, 1.807) is 11.3 Å². The number of thiophene rings is 1. The second kappa shape index (κ2) is 4.18. The van der Waals surface area contributed by atoms with Crippen LogP contribution in [0.5, 0.6) is 0 Å².